The van der Waals surface area contributed by atoms with E-state index in [2.05, 4.69) is 4.99 Å². The molecule has 1 saturated carbocycles. The molecule has 0 amide bonds. The van der Waals surface area contributed by atoms with Gasteiger partial charge in [-0.05, 0) is 25.7 Å². The normalized spacial score (nSPS) is 18.5. The van der Waals surface area contributed by atoms with E-state index in [1.165, 1.54) is 19.3 Å². The van der Waals surface area contributed by atoms with Gasteiger partial charge in [0.25, 0.3) is 0 Å². The summed E-state index contributed by atoms with van der Waals surface area (Å²) in [5.74, 6) is 0. The fourth-order valence-corrected chi connectivity index (χ4v) is 1.57. The molecule has 1 rings (SSSR count). The van der Waals surface area contributed by atoms with Crippen LogP contribution < -0.4 is 29.6 Å². The molecule has 0 N–H and O–H groups in total. The SMILES string of the molecule is N#CN=C([S-])OC1CCCCC1.[Na+]. The van der Waals surface area contributed by atoms with Crippen LogP contribution in [-0.2, 0) is 17.4 Å². The van der Waals surface area contributed by atoms with Crippen LogP contribution in [-0.4, -0.2) is 11.3 Å². The second kappa shape index (κ2) is 7.57. The second-order valence-electron chi connectivity index (χ2n) is 2.86. The second-order valence-corrected chi connectivity index (χ2v) is 3.20. The van der Waals surface area contributed by atoms with Crippen LogP contribution >= 0.6 is 0 Å². The summed E-state index contributed by atoms with van der Waals surface area (Å²) in [4.78, 5) is 3.33. The van der Waals surface area contributed by atoms with Crippen LogP contribution in [0.1, 0.15) is 32.1 Å². The minimum atomic E-state index is 0. The number of ether oxygens (including phenoxy) is 1. The Morgan fingerprint density at radius 3 is 2.54 bits per heavy atom. The van der Waals surface area contributed by atoms with Crippen LogP contribution in [0, 0.1) is 11.5 Å². The first-order chi connectivity index (χ1) is 5.83. The summed E-state index contributed by atoms with van der Waals surface area (Å²) in [5, 5.41) is 8.27. The third kappa shape index (κ3) is 5.48. The van der Waals surface area contributed by atoms with Crippen molar-refractivity contribution in [1.82, 2.24) is 0 Å². The Bertz CT molecular complexity index is 209. The maximum absolute atomic E-state index is 8.18. The van der Waals surface area contributed by atoms with Gasteiger partial charge in [-0.3, -0.25) is 0 Å². The van der Waals surface area contributed by atoms with Crippen LogP contribution in [0.2, 0.25) is 0 Å². The fraction of sp³-hybridized carbons (Fsp3) is 0.750. The third-order valence-corrected chi connectivity index (χ3v) is 2.15. The first kappa shape index (κ1) is 13.2. The molecule has 0 radical (unpaired) electrons. The predicted octanol–water partition coefficient (Wildman–Crippen LogP) is -1.28. The molecule has 13 heavy (non-hydrogen) atoms. The topological polar surface area (TPSA) is 45.4 Å². The molecule has 1 aliphatic carbocycles. The molecule has 0 saturated heterocycles. The van der Waals surface area contributed by atoms with Crippen molar-refractivity contribution in [2.24, 2.45) is 4.99 Å². The van der Waals surface area contributed by atoms with Gasteiger partial charge in [0.15, 0.2) is 0 Å². The van der Waals surface area contributed by atoms with Gasteiger partial charge in [-0.15, -0.1) is 0 Å². The van der Waals surface area contributed by atoms with Gasteiger partial charge in [-0.25, -0.2) is 0 Å². The Morgan fingerprint density at radius 2 is 2.00 bits per heavy atom. The van der Waals surface area contributed by atoms with E-state index in [1.807, 2.05) is 0 Å². The molecule has 0 unspecified atom stereocenters. The summed E-state index contributed by atoms with van der Waals surface area (Å²) in [6.07, 6.45) is 7.57. The van der Waals surface area contributed by atoms with Gasteiger partial charge in [0, 0.05) is 0 Å². The third-order valence-electron chi connectivity index (χ3n) is 1.96. The minimum Gasteiger partial charge on any atom is -0.721 e. The Morgan fingerprint density at radius 1 is 1.38 bits per heavy atom. The average molecular weight is 206 g/mol. The van der Waals surface area contributed by atoms with Crippen LogP contribution in [0.3, 0.4) is 0 Å². The molecule has 66 valence electrons. The van der Waals surface area contributed by atoms with Crippen LogP contribution in [0.5, 0.6) is 0 Å². The van der Waals surface area contributed by atoms with Crippen LogP contribution in [0.4, 0.5) is 0 Å². The fourth-order valence-electron chi connectivity index (χ4n) is 1.39. The Kier molecular flexibility index (Phi) is 7.68. The first-order valence-electron chi connectivity index (χ1n) is 4.13. The van der Waals surface area contributed by atoms with Gasteiger partial charge < -0.3 is 17.4 Å². The number of aliphatic imine (C=N–C) groups is 1. The summed E-state index contributed by atoms with van der Waals surface area (Å²) in [6.45, 7) is 0. The van der Waals surface area contributed by atoms with Crippen molar-refractivity contribution in [3.63, 3.8) is 0 Å². The van der Waals surface area contributed by atoms with E-state index in [0.29, 0.717) is 0 Å². The van der Waals surface area contributed by atoms with Crippen LogP contribution in [0.15, 0.2) is 4.99 Å². The molecule has 5 heteroatoms. The number of nitrogens with zero attached hydrogens (tertiary/aromatic N) is 2. The maximum atomic E-state index is 8.18. The van der Waals surface area contributed by atoms with Crippen molar-refractivity contribution in [1.29, 1.82) is 5.26 Å². The Balaban J connectivity index is 0.00000144. The quantitative estimate of drug-likeness (QED) is 0.176. The summed E-state index contributed by atoms with van der Waals surface area (Å²) < 4.78 is 5.27. The molecule has 0 aromatic carbocycles. The largest absolute Gasteiger partial charge is 1.00 e. The van der Waals surface area contributed by atoms with Gasteiger partial charge in [-0.2, -0.15) is 10.3 Å². The van der Waals surface area contributed by atoms with Crippen molar-refractivity contribution in [2.45, 2.75) is 38.2 Å². The van der Waals surface area contributed by atoms with E-state index in [0.717, 1.165) is 12.8 Å². The molecule has 0 bridgehead atoms. The van der Waals surface area contributed by atoms with Crippen molar-refractivity contribution < 1.29 is 34.3 Å². The van der Waals surface area contributed by atoms with Gasteiger partial charge in [0.1, 0.15) is 0 Å². The molecule has 1 fully saturated rings. The van der Waals surface area contributed by atoms with Gasteiger partial charge in [-0.1, -0.05) is 6.42 Å². The average Bonchev–Trinajstić information content (AvgIpc) is 2.06. The number of nitriles is 1. The number of hydrogen-bond donors (Lipinski definition) is 0. The summed E-state index contributed by atoms with van der Waals surface area (Å²) >= 11 is 4.72. The van der Waals surface area contributed by atoms with Gasteiger partial charge >= 0.3 is 29.6 Å². The van der Waals surface area contributed by atoms with E-state index in [1.54, 1.807) is 6.19 Å². The zero-order valence-electron chi connectivity index (χ0n) is 7.82. The monoisotopic (exact) mass is 206 g/mol. The first-order valence-corrected chi connectivity index (χ1v) is 4.54. The van der Waals surface area contributed by atoms with Gasteiger partial charge in [0.2, 0.25) is 6.19 Å². The minimum absolute atomic E-state index is 0. The van der Waals surface area contributed by atoms with Gasteiger partial charge in [0.05, 0.1) is 11.3 Å². The number of rotatable bonds is 1. The van der Waals surface area contributed by atoms with E-state index in [-0.39, 0.29) is 40.9 Å². The molecule has 0 heterocycles. The van der Waals surface area contributed by atoms with Crippen molar-refractivity contribution in [2.75, 3.05) is 0 Å². The smallest absolute Gasteiger partial charge is 0.721 e. The zero-order valence-corrected chi connectivity index (χ0v) is 10.6. The molecule has 0 spiro atoms. The Labute approximate surface area is 106 Å². The standard InChI is InChI=1S/C8H12N2OS.Na/c9-6-10-8(12)11-7-4-2-1-3-5-7;/h7H,1-5H2,(H,10,12);/q;+1/p-1. The van der Waals surface area contributed by atoms with Crippen LogP contribution in [0.25, 0.3) is 0 Å². The van der Waals surface area contributed by atoms with Crippen molar-refractivity contribution >= 4 is 17.9 Å². The van der Waals surface area contributed by atoms with E-state index in [9.17, 15) is 0 Å². The molecule has 0 atom stereocenters. The maximum Gasteiger partial charge on any atom is 1.00 e. The van der Waals surface area contributed by atoms with Crippen molar-refractivity contribution in [3.8, 4) is 6.19 Å². The molecular weight excluding hydrogens is 195 g/mol. The zero-order chi connectivity index (χ0) is 8.81. The Hall–Kier alpha value is 0.180. The van der Waals surface area contributed by atoms with E-state index < -0.39 is 0 Å². The molecule has 3 nitrogen and oxygen atoms in total. The van der Waals surface area contributed by atoms with E-state index >= 15 is 0 Å². The summed E-state index contributed by atoms with van der Waals surface area (Å²) in [7, 11) is 0. The molecule has 0 aromatic heterocycles. The van der Waals surface area contributed by atoms with Crippen molar-refractivity contribution in [3.05, 3.63) is 0 Å². The summed E-state index contributed by atoms with van der Waals surface area (Å²) in [6, 6.07) is 0. The predicted molar refractivity (Wildman–Crippen MR) is 48.4 cm³/mol. The molecule has 1 aliphatic rings. The molecule has 0 aromatic rings. The number of hydrogen-bond acceptors (Lipinski definition) is 4. The molecular formula is C8H11N2NaOS. The molecule has 0 aliphatic heterocycles. The summed E-state index contributed by atoms with van der Waals surface area (Å²) in [5.41, 5.74) is 0. The van der Waals surface area contributed by atoms with E-state index in [4.69, 9.17) is 22.6 Å².